The van der Waals surface area contributed by atoms with Crippen LogP contribution in [0.2, 0.25) is 0 Å². The second kappa shape index (κ2) is 5.94. The minimum atomic E-state index is -0.510. The van der Waals surface area contributed by atoms with E-state index in [1.165, 1.54) is 0 Å². The van der Waals surface area contributed by atoms with Crippen molar-refractivity contribution in [1.29, 1.82) is 0 Å². The van der Waals surface area contributed by atoms with Gasteiger partial charge in [-0.1, -0.05) is 0 Å². The first-order valence-electron chi connectivity index (χ1n) is 5.76. The number of rotatable bonds is 3. The maximum Gasteiger partial charge on any atom is 0.338 e. The fraction of sp³-hybridized carbons (Fsp3) is 0.500. The highest BCUT2D eigenvalue weighted by Gasteiger charge is 2.19. The Labute approximate surface area is 118 Å². The summed E-state index contributed by atoms with van der Waals surface area (Å²) in [6, 6.07) is 3.54. The molecule has 0 aliphatic carbocycles. The Morgan fingerprint density at radius 3 is 1.94 bits per heavy atom. The molecule has 0 amide bonds. The molecule has 1 rings (SSSR count). The highest BCUT2D eigenvalue weighted by molar-refractivity contribution is 6.18. The normalized spacial score (nSPS) is 11.4. The Hall–Kier alpha value is -0.730. The summed E-state index contributed by atoms with van der Waals surface area (Å²) in [4.78, 5) is 12.0. The van der Waals surface area contributed by atoms with Crippen LogP contribution in [0.25, 0.3) is 0 Å². The van der Waals surface area contributed by atoms with Gasteiger partial charge in [-0.05, 0) is 56.5 Å². The lowest BCUT2D eigenvalue weighted by atomic mass is 10.0. The van der Waals surface area contributed by atoms with Crippen LogP contribution in [0.3, 0.4) is 0 Å². The van der Waals surface area contributed by atoms with Crippen LogP contribution in [0.5, 0.6) is 0 Å². The van der Waals surface area contributed by atoms with Gasteiger partial charge in [0.05, 0.1) is 5.56 Å². The van der Waals surface area contributed by atoms with Crippen LogP contribution < -0.4 is 0 Å². The maximum atomic E-state index is 12.0. The fourth-order valence-corrected chi connectivity index (χ4v) is 2.13. The van der Waals surface area contributed by atoms with E-state index in [1.807, 2.05) is 27.7 Å². The number of carbonyl (C=O) groups is 1. The van der Waals surface area contributed by atoms with Crippen LogP contribution in [0.15, 0.2) is 12.1 Å². The average molecular weight is 289 g/mol. The molecule has 0 unspecified atom stereocenters. The molecule has 0 spiro atoms. The molecule has 0 fully saturated rings. The fourth-order valence-electron chi connectivity index (χ4n) is 1.57. The molecule has 2 nitrogen and oxygen atoms in total. The van der Waals surface area contributed by atoms with E-state index < -0.39 is 5.60 Å². The molecule has 0 aromatic heterocycles. The van der Waals surface area contributed by atoms with Gasteiger partial charge in [-0.3, -0.25) is 0 Å². The van der Waals surface area contributed by atoms with Crippen LogP contribution in [-0.4, -0.2) is 11.6 Å². The van der Waals surface area contributed by atoms with Crippen molar-refractivity contribution in [2.75, 3.05) is 0 Å². The van der Waals surface area contributed by atoms with E-state index in [-0.39, 0.29) is 5.97 Å². The number of halogens is 2. The Kier molecular flexibility index (Phi) is 5.06. The van der Waals surface area contributed by atoms with Crippen molar-refractivity contribution >= 4 is 29.2 Å². The lowest BCUT2D eigenvalue weighted by molar-refractivity contribution is 0.00693. The van der Waals surface area contributed by atoms with Crippen molar-refractivity contribution in [1.82, 2.24) is 0 Å². The highest BCUT2D eigenvalue weighted by atomic mass is 35.5. The Morgan fingerprint density at radius 1 is 1.17 bits per heavy atom. The van der Waals surface area contributed by atoms with Gasteiger partial charge in [-0.15, -0.1) is 23.2 Å². The van der Waals surface area contributed by atoms with Crippen molar-refractivity contribution in [3.63, 3.8) is 0 Å². The third-order valence-electron chi connectivity index (χ3n) is 2.55. The number of alkyl halides is 2. The summed E-state index contributed by atoms with van der Waals surface area (Å²) in [6.45, 7) is 7.46. The molecule has 18 heavy (non-hydrogen) atoms. The van der Waals surface area contributed by atoms with Crippen LogP contribution in [-0.2, 0) is 16.5 Å². The molecule has 0 saturated carbocycles. The number of carbonyl (C=O) groups excluding carboxylic acids is 1. The molecule has 0 N–H and O–H groups in total. The van der Waals surface area contributed by atoms with Gasteiger partial charge in [0.25, 0.3) is 0 Å². The minimum Gasteiger partial charge on any atom is -0.456 e. The van der Waals surface area contributed by atoms with E-state index in [0.29, 0.717) is 17.3 Å². The predicted octanol–water partition coefficient (Wildman–Crippen LogP) is 4.43. The van der Waals surface area contributed by atoms with Gasteiger partial charge in [-0.25, -0.2) is 4.79 Å². The minimum absolute atomic E-state index is 0.347. The summed E-state index contributed by atoms with van der Waals surface area (Å²) < 4.78 is 5.34. The molecule has 4 heteroatoms. The first-order valence-corrected chi connectivity index (χ1v) is 6.83. The van der Waals surface area contributed by atoms with Gasteiger partial charge in [0, 0.05) is 11.8 Å². The Bertz CT molecular complexity index is 423. The second-order valence-electron chi connectivity index (χ2n) is 5.19. The van der Waals surface area contributed by atoms with Gasteiger partial charge < -0.3 is 4.74 Å². The van der Waals surface area contributed by atoms with E-state index in [2.05, 4.69) is 0 Å². The first kappa shape index (κ1) is 15.3. The van der Waals surface area contributed by atoms with Gasteiger partial charge in [-0.2, -0.15) is 0 Å². The zero-order valence-corrected chi connectivity index (χ0v) is 12.7. The summed E-state index contributed by atoms with van der Waals surface area (Å²) in [5.41, 5.74) is 2.85. The number of hydrogen-bond acceptors (Lipinski definition) is 2. The summed E-state index contributed by atoms with van der Waals surface area (Å²) >= 11 is 11.8. The van der Waals surface area contributed by atoms with E-state index in [9.17, 15) is 4.79 Å². The monoisotopic (exact) mass is 288 g/mol. The summed E-state index contributed by atoms with van der Waals surface area (Å²) in [6.07, 6.45) is 0. The van der Waals surface area contributed by atoms with Crippen LogP contribution in [0.1, 0.15) is 47.8 Å². The van der Waals surface area contributed by atoms with Gasteiger partial charge >= 0.3 is 5.97 Å². The SMILES string of the molecule is Cc1c(CCl)cc(C(=O)OC(C)(C)C)cc1CCl. The zero-order chi connectivity index (χ0) is 13.9. The van der Waals surface area contributed by atoms with E-state index >= 15 is 0 Å². The average Bonchev–Trinajstić information content (AvgIpc) is 2.27. The van der Waals surface area contributed by atoms with Crippen LogP contribution in [0.4, 0.5) is 0 Å². The van der Waals surface area contributed by atoms with Crippen molar-refractivity contribution in [2.24, 2.45) is 0 Å². The van der Waals surface area contributed by atoms with Crippen LogP contribution in [0, 0.1) is 6.92 Å². The van der Waals surface area contributed by atoms with Crippen molar-refractivity contribution in [2.45, 2.75) is 45.1 Å². The molecule has 0 atom stereocenters. The highest BCUT2D eigenvalue weighted by Crippen LogP contribution is 2.22. The Morgan fingerprint density at radius 2 is 1.61 bits per heavy atom. The molecule has 0 aliphatic rings. The largest absolute Gasteiger partial charge is 0.456 e. The second-order valence-corrected chi connectivity index (χ2v) is 5.72. The summed E-state index contributed by atoms with van der Waals surface area (Å²) in [5, 5.41) is 0. The first-order chi connectivity index (χ1) is 8.28. The molecular formula is C14H18Cl2O2. The molecule has 100 valence electrons. The van der Waals surface area contributed by atoms with E-state index in [0.717, 1.165) is 16.7 Å². The smallest absolute Gasteiger partial charge is 0.338 e. The van der Waals surface area contributed by atoms with Crippen LogP contribution >= 0.6 is 23.2 Å². The maximum absolute atomic E-state index is 12.0. The van der Waals surface area contributed by atoms with Gasteiger partial charge in [0.15, 0.2) is 0 Å². The predicted molar refractivity (Wildman–Crippen MR) is 75.5 cm³/mol. The van der Waals surface area contributed by atoms with Gasteiger partial charge in [0.2, 0.25) is 0 Å². The van der Waals surface area contributed by atoms with Gasteiger partial charge in [0.1, 0.15) is 5.60 Å². The molecule has 1 aromatic rings. The van der Waals surface area contributed by atoms with Crippen molar-refractivity contribution < 1.29 is 9.53 Å². The topological polar surface area (TPSA) is 26.3 Å². The molecule has 0 saturated heterocycles. The van der Waals surface area contributed by atoms with E-state index in [4.69, 9.17) is 27.9 Å². The molecule has 0 radical (unpaired) electrons. The molecular weight excluding hydrogens is 271 g/mol. The molecule has 0 aliphatic heterocycles. The van der Waals surface area contributed by atoms with Crippen molar-refractivity contribution in [3.8, 4) is 0 Å². The lowest BCUT2D eigenvalue weighted by Crippen LogP contribution is -2.24. The number of ether oxygens (including phenoxy) is 1. The number of benzene rings is 1. The molecule has 0 bridgehead atoms. The standard InChI is InChI=1S/C14H18Cl2O2/c1-9-11(7-15)5-10(6-12(9)8-16)13(17)18-14(2,3)4/h5-6H,7-8H2,1-4H3. The zero-order valence-electron chi connectivity index (χ0n) is 11.1. The number of esters is 1. The molecule has 1 aromatic carbocycles. The third-order valence-corrected chi connectivity index (χ3v) is 3.12. The molecule has 0 heterocycles. The Balaban J connectivity index is 3.14. The third kappa shape index (κ3) is 3.89. The van der Waals surface area contributed by atoms with Crippen molar-refractivity contribution in [3.05, 3.63) is 34.4 Å². The lowest BCUT2D eigenvalue weighted by Gasteiger charge is -2.20. The summed E-state index contributed by atoms with van der Waals surface area (Å²) in [5.74, 6) is 0.360. The quantitative estimate of drug-likeness (QED) is 0.608. The number of hydrogen-bond donors (Lipinski definition) is 0. The van der Waals surface area contributed by atoms with E-state index in [1.54, 1.807) is 12.1 Å². The summed E-state index contributed by atoms with van der Waals surface area (Å²) in [7, 11) is 0.